The lowest BCUT2D eigenvalue weighted by molar-refractivity contribution is -0.00463. The molecule has 0 radical (unpaired) electrons. The van der Waals surface area contributed by atoms with Crippen LogP contribution >= 0.6 is 73.9 Å². The smallest absolute Gasteiger partial charge is 0.325 e. The number of aliphatic hydroxyl groups excluding tert-OH is 4. The second kappa shape index (κ2) is 25.2. The molecule has 92 heavy (non-hydrogen) atoms. The van der Waals surface area contributed by atoms with Crippen LogP contribution in [0.3, 0.4) is 0 Å². The van der Waals surface area contributed by atoms with Crippen LogP contribution in [0.15, 0.2) is 44.5 Å². The van der Waals surface area contributed by atoms with Gasteiger partial charge in [-0.3, -0.25) is 70.5 Å². The minimum absolute atomic E-state index is 0.0233. The summed E-state index contributed by atoms with van der Waals surface area (Å²) in [6.45, 7) is -16.3. The van der Waals surface area contributed by atoms with Gasteiger partial charge in [0, 0.05) is 0 Å². The van der Waals surface area contributed by atoms with E-state index in [-0.39, 0.29) is 88.9 Å². The fourth-order valence-electron chi connectivity index (χ4n) is 10.8. The summed E-state index contributed by atoms with van der Waals surface area (Å²) in [4.78, 5) is 137. The van der Waals surface area contributed by atoms with Crippen molar-refractivity contribution < 1.29 is 76.2 Å². The summed E-state index contributed by atoms with van der Waals surface area (Å²) in [5.74, 6) is -0.192. The average molecular weight is 1510 g/mol. The first kappa shape index (κ1) is 66.8. The Kier molecular flexibility index (Phi) is 18.3. The zero-order valence-corrected chi connectivity index (χ0v) is 56.1. The Morgan fingerprint density at radius 1 is 0.435 bits per heavy atom. The summed E-state index contributed by atoms with van der Waals surface area (Å²) in [5, 5.41) is 38.5. The lowest BCUT2D eigenvalue weighted by Gasteiger charge is -2.29. The number of fused-ring (bicyclic) bond motifs is 12. The molecule has 496 valence electrons. The first-order chi connectivity index (χ1) is 43.4. The average Bonchev–Trinajstić information content (AvgIpc) is 1.64. The molecule has 0 aliphatic carbocycles. The highest BCUT2D eigenvalue weighted by Gasteiger charge is 2.55. The van der Waals surface area contributed by atoms with Gasteiger partial charge >= 0.3 is 26.9 Å². The van der Waals surface area contributed by atoms with Crippen LogP contribution < -0.4 is 39.4 Å². The summed E-state index contributed by atoms with van der Waals surface area (Å²) in [5.41, 5.74) is 15.4. The molecule has 20 atom stereocenters. The number of nitrogens with two attached hydrogens (primary N) is 3. The number of aromatic nitrogens is 16. The van der Waals surface area contributed by atoms with Crippen molar-refractivity contribution in [2.45, 2.75) is 98.3 Å². The third-order valence-corrected chi connectivity index (χ3v) is 27.3. The highest BCUT2D eigenvalue weighted by molar-refractivity contribution is 8.08. The molecule has 0 saturated carbocycles. The molecule has 8 bridgehead atoms. The van der Waals surface area contributed by atoms with Crippen molar-refractivity contribution in [1.82, 2.24) is 78.1 Å². The largest absolute Gasteiger partial charge is 0.389 e. The van der Waals surface area contributed by atoms with Gasteiger partial charge in [-0.25, -0.2) is 24.9 Å². The summed E-state index contributed by atoms with van der Waals surface area (Å²) >= 11 is 25.7. The number of anilines is 3. The number of aliphatic hydroxyl groups is 4. The van der Waals surface area contributed by atoms with E-state index in [0.717, 1.165) is 47.0 Å². The lowest BCUT2D eigenvalue weighted by Crippen LogP contribution is -2.37. The number of nitrogen functional groups attached to an aromatic ring is 3. The van der Waals surface area contributed by atoms with E-state index in [0.29, 0.717) is 5.82 Å². The van der Waals surface area contributed by atoms with E-state index in [4.69, 9.17) is 101 Å². The van der Waals surface area contributed by atoms with E-state index >= 15 is 0 Å². The van der Waals surface area contributed by atoms with Crippen LogP contribution in [0.25, 0.3) is 44.7 Å². The second-order valence-electron chi connectivity index (χ2n) is 20.9. The van der Waals surface area contributed by atoms with Gasteiger partial charge in [0.1, 0.15) is 51.7 Å². The monoisotopic (exact) mass is 1510 g/mol. The Labute approximate surface area is 548 Å². The van der Waals surface area contributed by atoms with Crippen LogP contribution in [0.2, 0.25) is 0 Å². The van der Waals surface area contributed by atoms with Crippen molar-refractivity contribution in [2.24, 2.45) is 0 Å². The van der Waals surface area contributed by atoms with Gasteiger partial charge in [0.05, 0.1) is 97.2 Å². The normalized spacial score (nSPS) is 37.1. The number of nitrogens with one attached hydrogen (secondary N) is 4. The summed E-state index contributed by atoms with van der Waals surface area (Å²) in [6, 6.07) is 0. The molecule has 18 N–H and O–H groups in total. The first-order valence-electron chi connectivity index (χ1n) is 26.5. The zero-order chi connectivity index (χ0) is 65.4. The molecule has 14 rings (SSSR count). The Bertz CT molecular complexity index is 4120. The molecular weight excluding hydrogens is 1460 g/mol. The van der Waals surface area contributed by atoms with Crippen molar-refractivity contribution in [2.75, 3.05) is 43.6 Å². The standard InChI is InChI=1S/C21H25N9O10P2S4.C20H24N10O10P2S4/c1-6-25-15-9(17(33)26-6)23-4-29(15)19-13-11(31)7(45-19)2-37-42(36,44)40-14-12(32)8(3-38-41(35,43)39-13)46-20(14)30-5-24-10-16(30)27-21(22)28-18(10)34;21-19-25-13-7(15(33)27-19)23-3-29(13)17-11-9(31)5(45-17)1-37-41(35,43)39-12-10(32)6(2-38-42(36,44)40-11)46-18(12)30-4-24-8-14(30)26-20(22)28-16(8)34/h4-5,7-8,11-14,19-20,31-32H,2-3H2,1H3,(H,35,43)(H,36,44)(H,25,26,33)(H3,22,27,28,34);3-6,9-12,17-18,31-32H,1-2H2,(H,35,43)(H,36,44)(H3,21,25,27,33)(H3,22,26,28,34)/t7-,8-,11-,12-,13-,14-,19-,20-,41?,42?;5-,6-,9-,10-,11-,12-,17-,18-,41?,42?/m11/s1. The number of H-pyrrole nitrogens is 4. The van der Waals surface area contributed by atoms with Crippen LogP contribution in [0, 0.1) is 6.92 Å². The van der Waals surface area contributed by atoms with E-state index in [1.165, 1.54) is 43.6 Å². The van der Waals surface area contributed by atoms with Gasteiger partial charge in [-0.15, -0.1) is 47.0 Å². The van der Waals surface area contributed by atoms with E-state index in [9.17, 15) is 59.2 Å². The number of aromatic amines is 4. The quantitative estimate of drug-likeness (QED) is 0.0844. The topological polar surface area (TPSA) is 568 Å². The van der Waals surface area contributed by atoms with E-state index in [2.05, 4.69) is 59.8 Å². The van der Waals surface area contributed by atoms with E-state index in [1.54, 1.807) is 6.92 Å². The Morgan fingerprint density at radius 2 is 0.663 bits per heavy atom. The van der Waals surface area contributed by atoms with Crippen LogP contribution in [0.1, 0.15) is 27.3 Å². The zero-order valence-electron chi connectivity index (χ0n) is 46.0. The van der Waals surface area contributed by atoms with Gasteiger partial charge in [-0.05, 0) is 54.2 Å². The number of thioether (sulfide) groups is 4. The second-order valence-corrected chi connectivity index (χ2v) is 37.5. The molecule has 51 heteroatoms. The Hall–Kier alpha value is -3.84. The number of nitrogens with zero attached hydrogens (tertiary/aromatic N) is 12. The van der Waals surface area contributed by atoms with Gasteiger partial charge in [0.15, 0.2) is 44.7 Å². The molecular formula is C41H49N19O20P4S8. The van der Waals surface area contributed by atoms with Gasteiger partial charge in [0.2, 0.25) is 17.8 Å². The van der Waals surface area contributed by atoms with Gasteiger partial charge in [-0.2, -0.15) is 15.0 Å². The van der Waals surface area contributed by atoms with Crippen LogP contribution in [-0.2, 0) is 83.4 Å². The van der Waals surface area contributed by atoms with Crippen molar-refractivity contribution >= 4 is 184 Å². The number of rotatable bonds is 4. The molecule has 6 aliphatic rings. The molecule has 0 amide bonds. The molecule has 4 unspecified atom stereocenters. The molecule has 14 heterocycles. The maximum Gasteiger partial charge on any atom is 0.325 e. The van der Waals surface area contributed by atoms with E-state index < -0.39 is 140 Å². The number of imidazole rings is 4. The first-order valence-corrected chi connectivity index (χ1v) is 40.6. The van der Waals surface area contributed by atoms with Crippen molar-refractivity contribution in [3.63, 3.8) is 0 Å². The summed E-state index contributed by atoms with van der Waals surface area (Å²) < 4.78 is 52.1. The minimum atomic E-state index is -4.13. The number of hydrogen-bond donors (Lipinski definition) is 15. The SMILES string of the molecule is Cc1nc2c(ncn2[C@@H]2S[C@@H]3COP(O)(=S)O[C@@H]4[C@H](O)[C@@H](COP(O)(=S)O[C@@H]2[C@@H]3O)S[C@H]4n2cnc3c(=O)[nH]c(N)nc32)c(=O)[nH]1.Nc1nc2c(ncn2[C@@H]2S[C@@H]3COP(O)(=S)O[C@@H]4[C@H](O)[C@@H](COP(O)(=S)O[C@@H]2[C@@H]3O)S[C@H]4n2cnc3c(=O)[nH]c(N)nc32)c(=O)[nH]1. The summed E-state index contributed by atoms with van der Waals surface area (Å²) in [7, 11) is 0. The van der Waals surface area contributed by atoms with Crippen LogP contribution in [0.5, 0.6) is 0 Å². The fraction of sp³-hybridized carbons (Fsp3) is 0.512. The number of hydrogen-bond acceptors (Lipinski definition) is 35. The van der Waals surface area contributed by atoms with Gasteiger partial charge in [-0.1, -0.05) is 0 Å². The highest BCUT2D eigenvalue weighted by Crippen LogP contribution is 2.61. The predicted molar refractivity (Wildman–Crippen MR) is 346 cm³/mol. The molecule has 6 aliphatic heterocycles. The molecule has 6 saturated heterocycles. The fourth-order valence-corrected chi connectivity index (χ4v) is 23.2. The number of aryl methyl sites for hydroxylation is 1. The van der Waals surface area contributed by atoms with Crippen molar-refractivity contribution in [3.05, 3.63) is 72.5 Å². The molecule has 0 spiro atoms. The van der Waals surface area contributed by atoms with Gasteiger partial charge in [0.25, 0.3) is 22.2 Å². The summed E-state index contributed by atoms with van der Waals surface area (Å²) in [6.07, 6.45) is -5.19. The molecule has 0 aromatic carbocycles. The van der Waals surface area contributed by atoms with Gasteiger partial charge < -0.3 is 80.3 Å². The third kappa shape index (κ3) is 12.9. The van der Waals surface area contributed by atoms with E-state index in [1.807, 2.05) is 0 Å². The molecule has 39 nitrogen and oxygen atoms in total. The van der Waals surface area contributed by atoms with Crippen LogP contribution in [0.4, 0.5) is 17.8 Å². The maximum atomic E-state index is 12.5. The van der Waals surface area contributed by atoms with Crippen molar-refractivity contribution in [1.29, 1.82) is 0 Å². The highest BCUT2D eigenvalue weighted by atomic mass is 32.5. The van der Waals surface area contributed by atoms with Crippen molar-refractivity contribution in [3.8, 4) is 0 Å². The Balaban J connectivity index is 0.000000168. The molecule has 8 aromatic rings. The van der Waals surface area contributed by atoms with Crippen LogP contribution in [-0.4, -0.2) is 214 Å². The lowest BCUT2D eigenvalue weighted by atomic mass is 10.1. The third-order valence-electron chi connectivity index (χ3n) is 14.9. The molecule has 8 aromatic heterocycles. The minimum Gasteiger partial charge on any atom is -0.389 e. The molecule has 6 fully saturated rings. The maximum absolute atomic E-state index is 12.5. The Morgan fingerprint density at radius 3 is 0.913 bits per heavy atom. The predicted octanol–water partition coefficient (Wildman–Crippen LogP) is -2.04.